The van der Waals surface area contributed by atoms with Crippen LogP contribution in [0.1, 0.15) is 62.3 Å². The van der Waals surface area contributed by atoms with Crippen molar-refractivity contribution in [2.45, 2.75) is 64.5 Å². The first-order valence-corrected chi connectivity index (χ1v) is 10.2. The van der Waals surface area contributed by atoms with Crippen LogP contribution in [0.4, 0.5) is 0 Å². The van der Waals surface area contributed by atoms with E-state index in [-0.39, 0.29) is 17.6 Å². The molecule has 1 aliphatic rings. The van der Waals surface area contributed by atoms with Crippen molar-refractivity contribution >= 4 is 5.91 Å². The predicted octanol–water partition coefficient (Wildman–Crippen LogP) is 5.14. The summed E-state index contributed by atoms with van der Waals surface area (Å²) in [6.45, 7) is 6.33. The van der Waals surface area contributed by atoms with E-state index in [1.165, 1.54) is 0 Å². The number of rotatable bonds is 7. The number of carbonyl (C=O) groups excluding carboxylic acids is 1. The summed E-state index contributed by atoms with van der Waals surface area (Å²) in [5, 5.41) is 3.26. The second kappa shape index (κ2) is 8.68. The van der Waals surface area contributed by atoms with Gasteiger partial charge in [-0.2, -0.15) is 0 Å². The van der Waals surface area contributed by atoms with E-state index in [1.807, 2.05) is 37.3 Å². The number of nitrogens with one attached hydrogen (secondary N) is 1. The van der Waals surface area contributed by atoms with Gasteiger partial charge in [0.05, 0.1) is 13.2 Å². The summed E-state index contributed by atoms with van der Waals surface area (Å²) < 4.78 is 11.6. The van der Waals surface area contributed by atoms with Gasteiger partial charge in [0.15, 0.2) is 0 Å². The smallest absolute Gasteiger partial charge is 0.220 e. The molecule has 0 fully saturated rings. The molecule has 0 bridgehead atoms. The van der Waals surface area contributed by atoms with Crippen LogP contribution in [0.25, 0.3) is 0 Å². The third-order valence-electron chi connectivity index (χ3n) is 5.92. The van der Waals surface area contributed by atoms with E-state index in [2.05, 4.69) is 31.3 Å². The Hall–Kier alpha value is -2.49. The monoisotopic (exact) mass is 381 g/mol. The Balaban J connectivity index is 1.68. The fourth-order valence-corrected chi connectivity index (χ4v) is 4.05. The first-order chi connectivity index (χ1) is 13.5. The van der Waals surface area contributed by atoms with Gasteiger partial charge in [-0.15, -0.1) is 0 Å². The number of ether oxygens (including phenoxy) is 2. The molecular formula is C24H31NO3. The molecule has 0 aromatic heterocycles. The summed E-state index contributed by atoms with van der Waals surface area (Å²) in [5.74, 6) is 1.85. The third kappa shape index (κ3) is 4.32. The number of carbonyl (C=O) groups is 1. The highest BCUT2D eigenvalue weighted by molar-refractivity contribution is 5.77. The number of benzene rings is 2. The molecular weight excluding hydrogens is 350 g/mol. The van der Waals surface area contributed by atoms with E-state index >= 15 is 0 Å². The van der Waals surface area contributed by atoms with E-state index in [0.29, 0.717) is 12.8 Å². The maximum absolute atomic E-state index is 12.7. The molecule has 0 saturated carbocycles. The number of fused-ring (bicyclic) bond motifs is 1. The lowest BCUT2D eigenvalue weighted by atomic mass is 9.83. The first kappa shape index (κ1) is 20.2. The molecule has 2 aromatic rings. The molecule has 3 rings (SSSR count). The van der Waals surface area contributed by atoms with Gasteiger partial charge < -0.3 is 14.8 Å². The van der Waals surface area contributed by atoms with Crippen LogP contribution in [0.15, 0.2) is 42.5 Å². The zero-order valence-electron chi connectivity index (χ0n) is 17.4. The molecule has 1 N–H and O–H groups in total. The first-order valence-electron chi connectivity index (χ1n) is 10.2. The average Bonchev–Trinajstić information content (AvgIpc) is 2.72. The van der Waals surface area contributed by atoms with Crippen molar-refractivity contribution in [2.75, 3.05) is 7.11 Å². The van der Waals surface area contributed by atoms with Gasteiger partial charge in [0.25, 0.3) is 0 Å². The molecule has 28 heavy (non-hydrogen) atoms. The minimum atomic E-state index is -0.209. The van der Waals surface area contributed by atoms with E-state index in [0.717, 1.165) is 47.5 Å². The second-order valence-corrected chi connectivity index (χ2v) is 7.66. The standard InChI is InChI=1S/C24H31NO3/c1-5-24(6-2)16-20(19-9-7-8-10-22(19)28-24)25-23(26)14-12-18-11-13-21(27-4)17(3)15-18/h7-11,13,15,20H,5-6,12,14,16H2,1-4H3,(H,25,26)/t20-/m1/s1. The van der Waals surface area contributed by atoms with E-state index in [9.17, 15) is 4.79 Å². The van der Waals surface area contributed by atoms with Crippen molar-refractivity contribution in [3.63, 3.8) is 0 Å². The van der Waals surface area contributed by atoms with Crippen LogP contribution in [0.2, 0.25) is 0 Å². The van der Waals surface area contributed by atoms with Gasteiger partial charge in [-0.3, -0.25) is 4.79 Å². The largest absolute Gasteiger partial charge is 0.496 e. The lowest BCUT2D eigenvalue weighted by Gasteiger charge is -2.41. The zero-order chi connectivity index (χ0) is 20.1. The lowest BCUT2D eigenvalue weighted by molar-refractivity contribution is -0.122. The van der Waals surface area contributed by atoms with E-state index < -0.39 is 0 Å². The summed E-state index contributed by atoms with van der Waals surface area (Å²) >= 11 is 0. The molecule has 0 saturated heterocycles. The van der Waals surface area contributed by atoms with Crippen molar-refractivity contribution in [3.8, 4) is 11.5 Å². The molecule has 4 nitrogen and oxygen atoms in total. The minimum absolute atomic E-state index is 0.00467. The summed E-state index contributed by atoms with van der Waals surface area (Å²) in [7, 11) is 1.67. The Bertz CT molecular complexity index is 826. The number of methoxy groups -OCH3 is 1. The van der Waals surface area contributed by atoms with Crippen LogP contribution in [0, 0.1) is 6.92 Å². The number of para-hydroxylation sites is 1. The Morgan fingerprint density at radius 1 is 1.21 bits per heavy atom. The van der Waals surface area contributed by atoms with Gasteiger partial charge >= 0.3 is 0 Å². The van der Waals surface area contributed by atoms with Gasteiger partial charge in [-0.05, 0) is 49.4 Å². The van der Waals surface area contributed by atoms with Gasteiger partial charge in [0.1, 0.15) is 17.1 Å². The third-order valence-corrected chi connectivity index (χ3v) is 5.92. The van der Waals surface area contributed by atoms with Crippen molar-refractivity contribution in [2.24, 2.45) is 0 Å². The molecule has 0 radical (unpaired) electrons. The Labute approximate surface area is 168 Å². The van der Waals surface area contributed by atoms with Crippen molar-refractivity contribution in [3.05, 3.63) is 59.2 Å². The molecule has 0 unspecified atom stereocenters. The van der Waals surface area contributed by atoms with E-state index in [1.54, 1.807) is 7.11 Å². The summed E-state index contributed by atoms with van der Waals surface area (Å²) in [5.41, 5.74) is 3.11. The van der Waals surface area contributed by atoms with Crippen LogP contribution in [-0.2, 0) is 11.2 Å². The van der Waals surface area contributed by atoms with Crippen LogP contribution < -0.4 is 14.8 Å². The summed E-state index contributed by atoms with van der Waals surface area (Å²) in [6.07, 6.45) is 3.85. The van der Waals surface area contributed by atoms with Gasteiger partial charge in [0, 0.05) is 18.4 Å². The average molecular weight is 382 g/mol. The molecule has 1 amide bonds. The number of aryl methyl sites for hydroxylation is 2. The van der Waals surface area contributed by atoms with E-state index in [4.69, 9.17) is 9.47 Å². The quantitative estimate of drug-likeness (QED) is 0.723. The zero-order valence-corrected chi connectivity index (χ0v) is 17.4. The SMILES string of the molecule is CCC1(CC)C[C@@H](NC(=O)CCc2ccc(OC)c(C)c2)c2ccccc2O1. The maximum atomic E-state index is 12.7. The molecule has 2 aromatic carbocycles. The highest BCUT2D eigenvalue weighted by Crippen LogP contribution is 2.42. The second-order valence-electron chi connectivity index (χ2n) is 7.66. The number of hydrogen-bond acceptors (Lipinski definition) is 3. The number of hydrogen-bond donors (Lipinski definition) is 1. The molecule has 150 valence electrons. The molecule has 4 heteroatoms. The lowest BCUT2D eigenvalue weighted by Crippen LogP contribution is -2.44. The Morgan fingerprint density at radius 2 is 1.96 bits per heavy atom. The Morgan fingerprint density at radius 3 is 2.64 bits per heavy atom. The molecule has 0 aliphatic carbocycles. The summed E-state index contributed by atoms with van der Waals surface area (Å²) in [4.78, 5) is 12.7. The molecule has 0 spiro atoms. The maximum Gasteiger partial charge on any atom is 0.220 e. The van der Waals surface area contributed by atoms with Crippen LogP contribution in [-0.4, -0.2) is 18.6 Å². The van der Waals surface area contributed by atoms with Gasteiger partial charge in [-0.1, -0.05) is 44.2 Å². The fraction of sp³-hybridized carbons (Fsp3) is 0.458. The fourth-order valence-electron chi connectivity index (χ4n) is 4.05. The molecule has 1 heterocycles. The van der Waals surface area contributed by atoms with Crippen LogP contribution in [0.3, 0.4) is 0 Å². The predicted molar refractivity (Wildman–Crippen MR) is 112 cm³/mol. The van der Waals surface area contributed by atoms with Gasteiger partial charge in [-0.25, -0.2) is 0 Å². The van der Waals surface area contributed by atoms with Crippen molar-refractivity contribution < 1.29 is 14.3 Å². The molecule has 1 aliphatic heterocycles. The van der Waals surface area contributed by atoms with Crippen LogP contribution >= 0.6 is 0 Å². The topological polar surface area (TPSA) is 47.6 Å². The normalized spacial score (nSPS) is 17.4. The van der Waals surface area contributed by atoms with Gasteiger partial charge in [0.2, 0.25) is 5.91 Å². The van der Waals surface area contributed by atoms with Crippen LogP contribution in [0.5, 0.6) is 11.5 Å². The van der Waals surface area contributed by atoms with Crippen molar-refractivity contribution in [1.82, 2.24) is 5.32 Å². The number of amides is 1. The summed E-state index contributed by atoms with van der Waals surface area (Å²) in [6, 6.07) is 14.1. The van der Waals surface area contributed by atoms with Crippen molar-refractivity contribution in [1.29, 1.82) is 0 Å². The highest BCUT2D eigenvalue weighted by Gasteiger charge is 2.38. The molecule has 1 atom stereocenters. The highest BCUT2D eigenvalue weighted by atomic mass is 16.5. The minimum Gasteiger partial charge on any atom is -0.496 e. The Kier molecular flexibility index (Phi) is 6.28.